The molecule has 1 fully saturated rings. The first-order chi connectivity index (χ1) is 8.50. The second kappa shape index (κ2) is 5.09. The lowest BCUT2D eigenvalue weighted by molar-refractivity contribution is -0.176. The lowest BCUT2D eigenvalue weighted by Gasteiger charge is -2.34. The van der Waals surface area contributed by atoms with Crippen molar-refractivity contribution in [2.45, 2.75) is 25.6 Å². The van der Waals surface area contributed by atoms with Gasteiger partial charge >= 0.3 is 6.18 Å². The van der Waals surface area contributed by atoms with Gasteiger partial charge in [0.15, 0.2) is 5.82 Å². The fourth-order valence-corrected chi connectivity index (χ4v) is 2.06. The predicted molar refractivity (Wildman–Crippen MR) is 58.9 cm³/mol. The molecule has 2 rings (SSSR count). The van der Waals surface area contributed by atoms with Gasteiger partial charge in [0, 0.05) is 13.1 Å². The average molecular weight is 261 g/mol. The lowest BCUT2D eigenvalue weighted by Crippen LogP contribution is -2.42. The molecule has 100 valence electrons. The van der Waals surface area contributed by atoms with Gasteiger partial charge < -0.3 is 10.0 Å². The van der Waals surface area contributed by atoms with Gasteiger partial charge in [-0.05, 0) is 25.0 Å². The first-order valence-electron chi connectivity index (χ1n) is 5.76. The Morgan fingerprint density at radius 3 is 2.67 bits per heavy atom. The Morgan fingerprint density at radius 1 is 1.33 bits per heavy atom. The Hall–Kier alpha value is -1.37. The van der Waals surface area contributed by atoms with E-state index in [1.165, 1.54) is 0 Å². The molecule has 1 aliphatic rings. The highest BCUT2D eigenvalue weighted by molar-refractivity contribution is 5.37. The van der Waals surface area contributed by atoms with Crippen LogP contribution in [0.4, 0.5) is 19.0 Å². The van der Waals surface area contributed by atoms with E-state index in [2.05, 4.69) is 10.2 Å². The molecule has 1 unspecified atom stereocenters. The molecule has 4 nitrogen and oxygen atoms in total. The van der Waals surface area contributed by atoms with Gasteiger partial charge in [0.1, 0.15) is 0 Å². The van der Waals surface area contributed by atoms with Crippen LogP contribution in [0.3, 0.4) is 0 Å². The minimum atomic E-state index is -4.16. The third-order valence-corrected chi connectivity index (χ3v) is 3.08. The molecule has 2 heterocycles. The van der Waals surface area contributed by atoms with Crippen molar-refractivity contribution in [1.29, 1.82) is 0 Å². The van der Waals surface area contributed by atoms with E-state index in [4.69, 9.17) is 5.11 Å². The van der Waals surface area contributed by atoms with Crippen LogP contribution in [0.2, 0.25) is 0 Å². The maximum atomic E-state index is 12.7. The Bertz CT molecular complexity index is 394. The molecule has 0 amide bonds. The Labute approximate surface area is 102 Å². The van der Waals surface area contributed by atoms with Crippen molar-refractivity contribution in [2.75, 3.05) is 18.0 Å². The topological polar surface area (TPSA) is 49.2 Å². The maximum Gasteiger partial charge on any atom is 0.393 e. The number of hydrogen-bond acceptors (Lipinski definition) is 4. The third-order valence-electron chi connectivity index (χ3n) is 3.08. The largest absolute Gasteiger partial charge is 0.393 e. The number of alkyl halides is 3. The standard InChI is InChI=1S/C11H14F3N3O/c12-11(13,14)8-2-1-5-17(6-8)10-4-3-9(7-18)15-16-10/h3-4,8,18H,1-2,5-7H2. The zero-order valence-electron chi connectivity index (χ0n) is 9.69. The van der Waals surface area contributed by atoms with Crippen molar-refractivity contribution in [3.8, 4) is 0 Å². The highest BCUT2D eigenvalue weighted by Crippen LogP contribution is 2.34. The van der Waals surface area contributed by atoms with E-state index < -0.39 is 12.1 Å². The van der Waals surface area contributed by atoms with Crippen molar-refractivity contribution in [3.05, 3.63) is 17.8 Å². The molecule has 1 aromatic rings. The van der Waals surface area contributed by atoms with Crippen LogP contribution in [0.1, 0.15) is 18.5 Å². The SMILES string of the molecule is OCc1ccc(N2CCCC(C(F)(F)F)C2)nn1. The van der Waals surface area contributed by atoms with Crippen LogP contribution >= 0.6 is 0 Å². The number of aromatic nitrogens is 2. The smallest absolute Gasteiger partial charge is 0.390 e. The summed E-state index contributed by atoms with van der Waals surface area (Å²) in [6, 6.07) is 3.16. The number of anilines is 1. The van der Waals surface area contributed by atoms with Crippen molar-refractivity contribution in [3.63, 3.8) is 0 Å². The average Bonchev–Trinajstić information content (AvgIpc) is 2.38. The van der Waals surface area contributed by atoms with E-state index >= 15 is 0 Å². The predicted octanol–water partition coefficient (Wildman–Crippen LogP) is 1.75. The Balaban J connectivity index is 2.08. The third kappa shape index (κ3) is 2.90. The van der Waals surface area contributed by atoms with Crippen LogP contribution < -0.4 is 4.90 Å². The van der Waals surface area contributed by atoms with Crippen molar-refractivity contribution in [1.82, 2.24) is 10.2 Å². The van der Waals surface area contributed by atoms with Gasteiger partial charge in [-0.3, -0.25) is 0 Å². The first-order valence-corrected chi connectivity index (χ1v) is 5.76. The van der Waals surface area contributed by atoms with Gasteiger partial charge in [-0.1, -0.05) is 0 Å². The lowest BCUT2D eigenvalue weighted by atomic mass is 9.97. The summed E-state index contributed by atoms with van der Waals surface area (Å²) >= 11 is 0. The van der Waals surface area contributed by atoms with E-state index in [1.807, 2.05) is 0 Å². The molecule has 7 heteroatoms. The normalized spacial score (nSPS) is 21.1. The van der Waals surface area contributed by atoms with Crippen LogP contribution in [0, 0.1) is 5.92 Å². The molecule has 1 saturated heterocycles. The minimum absolute atomic E-state index is 0.0728. The fraction of sp³-hybridized carbons (Fsp3) is 0.636. The molecule has 0 saturated carbocycles. The van der Waals surface area contributed by atoms with E-state index in [-0.39, 0.29) is 19.6 Å². The monoisotopic (exact) mass is 261 g/mol. The van der Waals surface area contributed by atoms with Crippen LogP contribution in [-0.2, 0) is 6.61 Å². The molecule has 18 heavy (non-hydrogen) atoms. The van der Waals surface area contributed by atoms with Crippen molar-refractivity contribution in [2.24, 2.45) is 5.92 Å². The maximum absolute atomic E-state index is 12.7. The summed E-state index contributed by atoms with van der Waals surface area (Å²) in [4.78, 5) is 1.59. The van der Waals surface area contributed by atoms with Gasteiger partial charge in [0.2, 0.25) is 0 Å². The van der Waals surface area contributed by atoms with Gasteiger partial charge in [0.25, 0.3) is 0 Å². The van der Waals surface area contributed by atoms with E-state index in [1.54, 1.807) is 17.0 Å². The molecule has 1 aliphatic heterocycles. The molecular weight excluding hydrogens is 247 g/mol. The molecule has 0 radical (unpaired) electrons. The zero-order chi connectivity index (χ0) is 13.2. The molecule has 1 N–H and O–H groups in total. The highest BCUT2D eigenvalue weighted by Gasteiger charge is 2.42. The van der Waals surface area contributed by atoms with Crippen LogP contribution in [0.5, 0.6) is 0 Å². The van der Waals surface area contributed by atoms with Crippen molar-refractivity contribution >= 4 is 5.82 Å². The summed E-state index contributed by atoms with van der Waals surface area (Å²) in [6.07, 6.45) is -3.49. The number of aliphatic hydroxyl groups is 1. The second-order valence-electron chi connectivity index (χ2n) is 4.37. The summed E-state index contributed by atoms with van der Waals surface area (Å²) in [5.74, 6) is -0.869. The molecule has 1 aromatic heterocycles. The van der Waals surface area contributed by atoms with Gasteiger partial charge in [0.05, 0.1) is 18.2 Å². The second-order valence-corrected chi connectivity index (χ2v) is 4.37. The Morgan fingerprint density at radius 2 is 2.11 bits per heavy atom. The molecular formula is C11H14F3N3O. The van der Waals surface area contributed by atoms with Crippen molar-refractivity contribution < 1.29 is 18.3 Å². The zero-order valence-corrected chi connectivity index (χ0v) is 9.69. The number of aliphatic hydroxyl groups excluding tert-OH is 1. The van der Waals surface area contributed by atoms with Crippen LogP contribution in [0.25, 0.3) is 0 Å². The summed E-state index contributed by atoms with van der Waals surface area (Å²) < 4.78 is 38.0. The Kier molecular flexibility index (Phi) is 3.70. The van der Waals surface area contributed by atoms with Gasteiger partial charge in [-0.2, -0.15) is 18.3 Å². The summed E-state index contributed by atoms with van der Waals surface area (Å²) in [5.41, 5.74) is 0.406. The quantitative estimate of drug-likeness (QED) is 0.881. The molecule has 0 spiro atoms. The molecule has 0 bridgehead atoms. The van der Waals surface area contributed by atoms with Crippen LogP contribution in [-0.4, -0.2) is 34.6 Å². The molecule has 1 atom stereocenters. The molecule has 0 aliphatic carbocycles. The van der Waals surface area contributed by atoms with Crippen LogP contribution in [0.15, 0.2) is 12.1 Å². The first kappa shape index (κ1) is 13.1. The number of piperidine rings is 1. The van der Waals surface area contributed by atoms with Gasteiger partial charge in [-0.15, -0.1) is 5.10 Å². The number of hydrogen-bond donors (Lipinski definition) is 1. The highest BCUT2D eigenvalue weighted by atomic mass is 19.4. The van der Waals surface area contributed by atoms with E-state index in [0.29, 0.717) is 24.5 Å². The van der Waals surface area contributed by atoms with Gasteiger partial charge in [-0.25, -0.2) is 0 Å². The van der Waals surface area contributed by atoms with E-state index in [0.717, 1.165) is 0 Å². The number of rotatable bonds is 2. The molecule has 0 aromatic carbocycles. The summed E-state index contributed by atoms with van der Waals surface area (Å²) in [5, 5.41) is 16.4. The summed E-state index contributed by atoms with van der Waals surface area (Å²) in [6.45, 7) is 0.259. The minimum Gasteiger partial charge on any atom is -0.390 e. The fourth-order valence-electron chi connectivity index (χ4n) is 2.06. The summed E-state index contributed by atoms with van der Waals surface area (Å²) in [7, 11) is 0. The number of halogens is 3. The number of nitrogens with zero attached hydrogens (tertiary/aromatic N) is 3. The van der Waals surface area contributed by atoms with E-state index in [9.17, 15) is 13.2 Å².